The van der Waals surface area contributed by atoms with Crippen LogP contribution in [0.3, 0.4) is 0 Å². The molecule has 3 aromatic rings. The fraction of sp³-hybridized carbons (Fsp3) is 0.280. The molecule has 0 radical (unpaired) electrons. The van der Waals surface area contributed by atoms with Crippen molar-refractivity contribution in [3.8, 4) is 5.69 Å². The van der Waals surface area contributed by atoms with Crippen LogP contribution in [0.15, 0.2) is 60.7 Å². The summed E-state index contributed by atoms with van der Waals surface area (Å²) >= 11 is 0. The van der Waals surface area contributed by atoms with Crippen LogP contribution < -0.4 is 0 Å². The number of amides is 1. The Balaban J connectivity index is 1.68. The number of hydrogen-bond acceptors (Lipinski definition) is 3. The van der Waals surface area contributed by atoms with Crippen LogP contribution in [0.25, 0.3) is 5.69 Å². The third-order valence-corrected chi connectivity index (χ3v) is 5.22. The summed E-state index contributed by atoms with van der Waals surface area (Å²) in [5.74, 6) is -0.687. The molecule has 1 amide bonds. The Hall–Kier alpha value is -3.34. The predicted molar refractivity (Wildman–Crippen MR) is 118 cm³/mol. The Morgan fingerprint density at radius 2 is 1.63 bits per heavy atom. The summed E-state index contributed by atoms with van der Waals surface area (Å²) in [6.07, 6.45) is 0. The van der Waals surface area contributed by atoms with Gasteiger partial charge in [0.2, 0.25) is 0 Å². The highest BCUT2D eigenvalue weighted by molar-refractivity contribution is 5.93. The molecule has 5 nitrogen and oxygen atoms in total. The van der Waals surface area contributed by atoms with Gasteiger partial charge in [0.1, 0.15) is 0 Å². The van der Waals surface area contributed by atoms with Crippen molar-refractivity contribution in [1.29, 1.82) is 0 Å². The Morgan fingerprint density at radius 3 is 2.27 bits per heavy atom. The van der Waals surface area contributed by atoms with Gasteiger partial charge in [0.25, 0.3) is 5.91 Å². The third kappa shape index (κ3) is 4.79. The molecule has 0 aliphatic carbocycles. The average Bonchev–Trinajstić information content (AvgIpc) is 3.05. The van der Waals surface area contributed by atoms with Crippen LogP contribution in [-0.4, -0.2) is 34.5 Å². The molecule has 0 N–H and O–H groups in total. The fourth-order valence-electron chi connectivity index (χ4n) is 3.54. The lowest BCUT2D eigenvalue weighted by Gasteiger charge is -2.20. The number of nitrogens with zero attached hydrogens (tertiary/aromatic N) is 2. The topological polar surface area (TPSA) is 51.5 Å². The first-order valence-electron chi connectivity index (χ1n) is 10.2. The molecular formula is C25H28N2O3. The van der Waals surface area contributed by atoms with E-state index in [0.717, 1.165) is 22.6 Å². The van der Waals surface area contributed by atoms with Crippen LogP contribution >= 0.6 is 0 Å². The Labute approximate surface area is 177 Å². The standard InChI is InChI=1S/C25H28N2O3/c1-5-26(16-21-9-7-6-8-10-21)24(28)17-30-25(29)23-15-19(3)27(20(23)4)22-13-11-18(2)12-14-22/h6-15H,5,16-17H2,1-4H3. The van der Waals surface area contributed by atoms with E-state index in [4.69, 9.17) is 4.74 Å². The maximum absolute atomic E-state index is 12.7. The lowest BCUT2D eigenvalue weighted by atomic mass is 10.2. The fourth-order valence-corrected chi connectivity index (χ4v) is 3.54. The molecule has 0 unspecified atom stereocenters. The van der Waals surface area contributed by atoms with Gasteiger partial charge < -0.3 is 14.2 Å². The summed E-state index contributed by atoms with van der Waals surface area (Å²) in [5, 5.41) is 0. The zero-order chi connectivity index (χ0) is 21.7. The van der Waals surface area contributed by atoms with E-state index in [1.807, 2.05) is 92.9 Å². The summed E-state index contributed by atoms with van der Waals surface area (Å²) < 4.78 is 7.39. The van der Waals surface area contributed by atoms with Gasteiger partial charge in [-0.15, -0.1) is 0 Å². The lowest BCUT2D eigenvalue weighted by molar-refractivity contribution is -0.134. The summed E-state index contributed by atoms with van der Waals surface area (Å²) in [6, 6.07) is 19.7. The second kappa shape index (κ2) is 9.44. The minimum Gasteiger partial charge on any atom is -0.452 e. The van der Waals surface area contributed by atoms with Gasteiger partial charge in [-0.1, -0.05) is 48.0 Å². The molecular weight excluding hydrogens is 376 g/mol. The van der Waals surface area contributed by atoms with E-state index in [0.29, 0.717) is 18.7 Å². The van der Waals surface area contributed by atoms with E-state index in [2.05, 4.69) is 0 Å². The molecule has 0 fully saturated rings. The predicted octanol–water partition coefficient (Wildman–Crippen LogP) is 4.61. The van der Waals surface area contributed by atoms with Gasteiger partial charge in [0.15, 0.2) is 6.61 Å². The molecule has 156 valence electrons. The molecule has 1 heterocycles. The van der Waals surface area contributed by atoms with Crippen molar-refractivity contribution in [2.45, 2.75) is 34.2 Å². The van der Waals surface area contributed by atoms with Gasteiger partial charge >= 0.3 is 5.97 Å². The van der Waals surface area contributed by atoms with E-state index in [-0.39, 0.29) is 12.5 Å². The van der Waals surface area contributed by atoms with Gasteiger partial charge in [-0.2, -0.15) is 0 Å². The summed E-state index contributed by atoms with van der Waals surface area (Å²) in [5.41, 5.74) is 5.42. The first kappa shape index (κ1) is 21.4. The summed E-state index contributed by atoms with van der Waals surface area (Å²) in [7, 11) is 0. The number of aryl methyl sites for hydroxylation is 2. The van der Waals surface area contributed by atoms with Crippen LogP contribution in [0.4, 0.5) is 0 Å². The Morgan fingerprint density at radius 1 is 0.967 bits per heavy atom. The smallest absolute Gasteiger partial charge is 0.340 e. The average molecular weight is 405 g/mol. The first-order chi connectivity index (χ1) is 14.4. The SMILES string of the molecule is CCN(Cc1ccccc1)C(=O)COC(=O)c1cc(C)n(-c2ccc(C)cc2)c1C. The van der Waals surface area contributed by atoms with Crippen LogP contribution in [0.5, 0.6) is 0 Å². The van der Waals surface area contributed by atoms with Crippen molar-refractivity contribution in [2.24, 2.45) is 0 Å². The van der Waals surface area contributed by atoms with Crippen molar-refractivity contribution < 1.29 is 14.3 Å². The Kier molecular flexibility index (Phi) is 6.72. The quantitative estimate of drug-likeness (QED) is 0.541. The minimum absolute atomic E-state index is 0.206. The van der Waals surface area contributed by atoms with E-state index < -0.39 is 5.97 Å². The maximum atomic E-state index is 12.7. The number of likely N-dealkylation sites (N-methyl/N-ethyl adjacent to an activating group) is 1. The van der Waals surface area contributed by atoms with Gasteiger partial charge in [0.05, 0.1) is 5.56 Å². The normalized spacial score (nSPS) is 10.7. The number of ether oxygens (including phenoxy) is 1. The van der Waals surface area contributed by atoms with Crippen molar-refractivity contribution in [3.05, 3.63) is 88.7 Å². The van der Waals surface area contributed by atoms with Gasteiger partial charge in [-0.3, -0.25) is 4.79 Å². The van der Waals surface area contributed by atoms with Crippen molar-refractivity contribution >= 4 is 11.9 Å². The van der Waals surface area contributed by atoms with Crippen molar-refractivity contribution in [1.82, 2.24) is 9.47 Å². The minimum atomic E-state index is -0.481. The molecule has 3 rings (SSSR count). The second-order valence-electron chi connectivity index (χ2n) is 7.43. The number of aromatic nitrogens is 1. The third-order valence-electron chi connectivity index (χ3n) is 5.22. The van der Waals surface area contributed by atoms with E-state index in [9.17, 15) is 9.59 Å². The first-order valence-corrected chi connectivity index (χ1v) is 10.2. The molecule has 2 aromatic carbocycles. The van der Waals surface area contributed by atoms with Gasteiger partial charge in [-0.25, -0.2) is 4.79 Å². The van der Waals surface area contributed by atoms with E-state index >= 15 is 0 Å². The molecule has 30 heavy (non-hydrogen) atoms. The maximum Gasteiger partial charge on any atom is 0.340 e. The zero-order valence-corrected chi connectivity index (χ0v) is 18.0. The molecule has 0 saturated carbocycles. The number of rotatable bonds is 7. The molecule has 5 heteroatoms. The Bertz CT molecular complexity index is 1020. The van der Waals surface area contributed by atoms with Gasteiger partial charge in [-0.05, 0) is 51.5 Å². The second-order valence-corrected chi connectivity index (χ2v) is 7.43. The highest BCUT2D eigenvalue weighted by Crippen LogP contribution is 2.22. The number of carbonyl (C=O) groups is 2. The van der Waals surface area contributed by atoms with Crippen LogP contribution in [-0.2, 0) is 16.1 Å². The summed E-state index contributed by atoms with van der Waals surface area (Å²) in [4.78, 5) is 26.9. The number of esters is 1. The zero-order valence-electron chi connectivity index (χ0n) is 18.0. The summed E-state index contributed by atoms with van der Waals surface area (Å²) in [6.45, 7) is 8.57. The van der Waals surface area contributed by atoms with E-state index in [1.54, 1.807) is 4.90 Å². The number of hydrogen-bond donors (Lipinski definition) is 0. The van der Waals surface area contributed by atoms with E-state index in [1.165, 1.54) is 5.56 Å². The molecule has 0 aliphatic heterocycles. The number of benzene rings is 2. The number of carbonyl (C=O) groups excluding carboxylic acids is 2. The van der Waals surface area contributed by atoms with Crippen molar-refractivity contribution in [3.63, 3.8) is 0 Å². The van der Waals surface area contributed by atoms with Crippen LogP contribution in [0, 0.1) is 20.8 Å². The molecule has 0 aliphatic rings. The monoisotopic (exact) mass is 404 g/mol. The molecule has 0 atom stereocenters. The lowest BCUT2D eigenvalue weighted by Crippen LogP contribution is -2.34. The van der Waals surface area contributed by atoms with Crippen LogP contribution in [0.1, 0.15) is 39.8 Å². The highest BCUT2D eigenvalue weighted by Gasteiger charge is 2.20. The van der Waals surface area contributed by atoms with Gasteiger partial charge in [0, 0.05) is 30.2 Å². The molecule has 1 aromatic heterocycles. The molecule has 0 spiro atoms. The van der Waals surface area contributed by atoms with Crippen molar-refractivity contribution in [2.75, 3.05) is 13.2 Å². The molecule has 0 bridgehead atoms. The molecule has 0 saturated heterocycles. The highest BCUT2D eigenvalue weighted by atomic mass is 16.5. The van der Waals surface area contributed by atoms with Crippen LogP contribution in [0.2, 0.25) is 0 Å². The largest absolute Gasteiger partial charge is 0.452 e.